The van der Waals surface area contributed by atoms with E-state index in [4.69, 9.17) is 4.74 Å². The average Bonchev–Trinajstić information content (AvgIpc) is 2.41. The highest BCUT2D eigenvalue weighted by Crippen LogP contribution is 2.36. The molecule has 2 saturated heterocycles. The third-order valence-electron chi connectivity index (χ3n) is 4.11. The van der Waals surface area contributed by atoms with Crippen LogP contribution in [0, 0.1) is 0 Å². The highest BCUT2D eigenvalue weighted by atomic mass is 32.2. The summed E-state index contributed by atoms with van der Waals surface area (Å²) in [5.41, 5.74) is 0.0928. The molecule has 0 aliphatic carbocycles. The first-order chi connectivity index (χ1) is 8.77. The second-order valence-corrected chi connectivity index (χ2v) is 6.52. The fraction of sp³-hybridized carbons (Fsp3) is 0.929. The minimum atomic E-state index is -0.00873. The third-order valence-corrected chi connectivity index (χ3v) is 5.43. The summed E-state index contributed by atoms with van der Waals surface area (Å²) in [6.07, 6.45) is 6.91. The van der Waals surface area contributed by atoms with Crippen molar-refractivity contribution in [3.63, 3.8) is 0 Å². The first-order valence-electron chi connectivity index (χ1n) is 7.25. The minimum absolute atomic E-state index is 0.00873. The Hall–Kier alpha value is -0.220. The molecule has 1 unspecified atom stereocenters. The van der Waals surface area contributed by atoms with Crippen molar-refractivity contribution in [1.29, 1.82) is 0 Å². The van der Waals surface area contributed by atoms with Gasteiger partial charge in [0.05, 0.1) is 13.0 Å². The summed E-state index contributed by atoms with van der Waals surface area (Å²) in [6.45, 7) is 4.73. The Morgan fingerprint density at radius 2 is 2.06 bits per heavy atom. The van der Waals surface area contributed by atoms with Gasteiger partial charge in [-0.3, -0.25) is 9.69 Å². The highest BCUT2D eigenvalue weighted by Gasteiger charge is 2.40. The number of likely N-dealkylation sites (tertiary alicyclic amines) is 1. The molecule has 2 aliphatic heterocycles. The van der Waals surface area contributed by atoms with E-state index in [1.807, 2.05) is 18.7 Å². The van der Waals surface area contributed by atoms with Gasteiger partial charge in [0.15, 0.2) is 0 Å². The summed E-state index contributed by atoms with van der Waals surface area (Å²) in [5.74, 6) is 2.34. The Kier molecular flexibility index (Phi) is 5.37. The minimum Gasteiger partial charge on any atom is -0.466 e. The van der Waals surface area contributed by atoms with Gasteiger partial charge in [0, 0.05) is 11.3 Å². The van der Waals surface area contributed by atoms with Gasteiger partial charge in [0.25, 0.3) is 0 Å². The van der Waals surface area contributed by atoms with Crippen LogP contribution in [0.1, 0.15) is 45.4 Å². The predicted molar refractivity (Wildman–Crippen MR) is 76.0 cm³/mol. The largest absolute Gasteiger partial charge is 0.466 e. The van der Waals surface area contributed by atoms with Crippen molar-refractivity contribution in [3.8, 4) is 0 Å². The van der Waals surface area contributed by atoms with E-state index in [0.29, 0.717) is 13.0 Å². The Morgan fingerprint density at radius 1 is 1.28 bits per heavy atom. The Morgan fingerprint density at radius 3 is 2.67 bits per heavy atom. The SMILES string of the molecule is CCOC(=O)CC1(N2CCCCC2)CCCSC1. The molecule has 4 heteroatoms. The summed E-state index contributed by atoms with van der Waals surface area (Å²) in [4.78, 5) is 14.5. The van der Waals surface area contributed by atoms with Crippen LogP contribution in [-0.4, -0.2) is 47.6 Å². The molecule has 0 radical (unpaired) electrons. The summed E-state index contributed by atoms with van der Waals surface area (Å²) >= 11 is 2.01. The first-order valence-corrected chi connectivity index (χ1v) is 8.41. The van der Waals surface area contributed by atoms with Crippen LogP contribution in [0.4, 0.5) is 0 Å². The molecular formula is C14H25NO2S. The Bertz CT molecular complexity index is 271. The molecule has 1 atom stereocenters. The van der Waals surface area contributed by atoms with Crippen LogP contribution in [0.15, 0.2) is 0 Å². The van der Waals surface area contributed by atoms with E-state index < -0.39 is 0 Å². The summed E-state index contributed by atoms with van der Waals surface area (Å²) in [7, 11) is 0. The van der Waals surface area contributed by atoms with Gasteiger partial charge in [-0.15, -0.1) is 0 Å². The van der Waals surface area contributed by atoms with E-state index in [-0.39, 0.29) is 11.5 Å². The van der Waals surface area contributed by atoms with Crippen molar-refractivity contribution < 1.29 is 9.53 Å². The monoisotopic (exact) mass is 271 g/mol. The number of piperidine rings is 1. The normalized spacial score (nSPS) is 30.1. The molecule has 18 heavy (non-hydrogen) atoms. The predicted octanol–water partition coefficient (Wildman–Crippen LogP) is 2.69. The van der Waals surface area contributed by atoms with Gasteiger partial charge in [-0.05, 0) is 51.4 Å². The molecular weight excluding hydrogens is 246 g/mol. The zero-order valence-electron chi connectivity index (χ0n) is 11.5. The van der Waals surface area contributed by atoms with Gasteiger partial charge in [-0.25, -0.2) is 0 Å². The number of hydrogen-bond acceptors (Lipinski definition) is 4. The lowest BCUT2D eigenvalue weighted by atomic mass is 9.87. The number of ether oxygens (including phenoxy) is 1. The number of nitrogens with zero attached hydrogens (tertiary/aromatic N) is 1. The fourth-order valence-electron chi connectivity index (χ4n) is 3.19. The maximum absolute atomic E-state index is 11.9. The Labute approximate surface area is 115 Å². The smallest absolute Gasteiger partial charge is 0.307 e. The van der Waals surface area contributed by atoms with Crippen LogP contribution in [0.5, 0.6) is 0 Å². The average molecular weight is 271 g/mol. The zero-order valence-corrected chi connectivity index (χ0v) is 12.3. The third kappa shape index (κ3) is 3.41. The maximum Gasteiger partial charge on any atom is 0.307 e. The second-order valence-electron chi connectivity index (χ2n) is 5.41. The van der Waals surface area contributed by atoms with Crippen LogP contribution in [0.25, 0.3) is 0 Å². The van der Waals surface area contributed by atoms with Crippen molar-refractivity contribution in [2.45, 2.75) is 51.0 Å². The van der Waals surface area contributed by atoms with Gasteiger partial charge < -0.3 is 4.74 Å². The van der Waals surface area contributed by atoms with E-state index >= 15 is 0 Å². The number of thioether (sulfide) groups is 1. The topological polar surface area (TPSA) is 29.5 Å². The second kappa shape index (κ2) is 6.80. The number of rotatable bonds is 4. The summed E-state index contributed by atoms with van der Waals surface area (Å²) in [6, 6.07) is 0. The van der Waals surface area contributed by atoms with E-state index in [1.54, 1.807) is 0 Å². The first kappa shape index (κ1) is 14.2. The number of carbonyl (C=O) groups excluding carboxylic acids is 1. The molecule has 0 aromatic carbocycles. The number of esters is 1. The van der Waals surface area contributed by atoms with Crippen LogP contribution < -0.4 is 0 Å². The molecule has 2 fully saturated rings. The standard InChI is InChI=1S/C14H25NO2S/c1-2-17-13(16)11-14(7-6-10-18-12-14)15-8-4-3-5-9-15/h2-12H2,1H3. The number of hydrogen-bond donors (Lipinski definition) is 0. The van der Waals surface area contributed by atoms with E-state index in [0.717, 1.165) is 5.75 Å². The van der Waals surface area contributed by atoms with Crippen molar-refractivity contribution in [2.24, 2.45) is 0 Å². The number of carbonyl (C=O) groups is 1. The molecule has 0 aromatic heterocycles. The van der Waals surface area contributed by atoms with E-state index in [2.05, 4.69) is 4.90 Å². The lowest BCUT2D eigenvalue weighted by molar-refractivity contribution is -0.146. The van der Waals surface area contributed by atoms with E-state index in [1.165, 1.54) is 50.9 Å². The van der Waals surface area contributed by atoms with Crippen molar-refractivity contribution in [1.82, 2.24) is 4.90 Å². The fourth-order valence-corrected chi connectivity index (χ4v) is 4.49. The molecule has 0 bridgehead atoms. The van der Waals surface area contributed by atoms with Crippen LogP contribution in [0.2, 0.25) is 0 Å². The lowest BCUT2D eigenvalue weighted by Gasteiger charge is -2.47. The molecule has 0 N–H and O–H groups in total. The van der Waals surface area contributed by atoms with Gasteiger partial charge >= 0.3 is 5.97 Å². The molecule has 2 rings (SSSR count). The van der Waals surface area contributed by atoms with Crippen molar-refractivity contribution in [3.05, 3.63) is 0 Å². The summed E-state index contributed by atoms with van der Waals surface area (Å²) in [5, 5.41) is 0. The molecule has 0 saturated carbocycles. The van der Waals surface area contributed by atoms with Crippen molar-refractivity contribution in [2.75, 3.05) is 31.2 Å². The summed E-state index contributed by atoms with van der Waals surface area (Å²) < 4.78 is 5.19. The molecule has 0 spiro atoms. The molecule has 2 aliphatic rings. The zero-order chi connectivity index (χ0) is 12.8. The van der Waals surface area contributed by atoms with E-state index in [9.17, 15) is 4.79 Å². The van der Waals surface area contributed by atoms with Gasteiger partial charge in [-0.1, -0.05) is 6.42 Å². The lowest BCUT2D eigenvalue weighted by Crippen LogP contribution is -2.55. The Balaban J connectivity index is 2.03. The molecule has 104 valence electrons. The van der Waals surface area contributed by atoms with Crippen LogP contribution in [0.3, 0.4) is 0 Å². The van der Waals surface area contributed by atoms with Crippen LogP contribution in [-0.2, 0) is 9.53 Å². The molecule has 2 heterocycles. The molecule has 0 aromatic rings. The quantitative estimate of drug-likeness (QED) is 0.735. The van der Waals surface area contributed by atoms with Crippen molar-refractivity contribution >= 4 is 17.7 Å². The maximum atomic E-state index is 11.9. The molecule has 3 nitrogen and oxygen atoms in total. The van der Waals surface area contributed by atoms with Gasteiger partial charge in [-0.2, -0.15) is 11.8 Å². The highest BCUT2D eigenvalue weighted by molar-refractivity contribution is 7.99. The van der Waals surface area contributed by atoms with Gasteiger partial charge in [0.1, 0.15) is 0 Å². The van der Waals surface area contributed by atoms with Crippen LogP contribution >= 0.6 is 11.8 Å². The molecule has 0 amide bonds. The van der Waals surface area contributed by atoms with Gasteiger partial charge in [0.2, 0.25) is 0 Å².